The van der Waals surface area contributed by atoms with Gasteiger partial charge in [-0.25, -0.2) is 12.7 Å². The summed E-state index contributed by atoms with van der Waals surface area (Å²) in [6, 6.07) is 12.6. The zero-order valence-corrected chi connectivity index (χ0v) is 14.8. The topological polar surface area (TPSA) is 83.6 Å². The van der Waals surface area contributed by atoms with Crippen molar-refractivity contribution in [2.24, 2.45) is 5.92 Å². The highest BCUT2D eigenvalue weighted by Crippen LogP contribution is 2.29. The Hall–Kier alpha value is -2.38. The Labute approximate surface area is 150 Å². The van der Waals surface area contributed by atoms with Crippen LogP contribution >= 0.6 is 11.6 Å². The number of carbonyl (C=O) groups is 2. The highest BCUT2D eigenvalue weighted by atomic mass is 35.5. The Bertz CT molecular complexity index is 959. The van der Waals surface area contributed by atoms with Crippen molar-refractivity contribution in [2.75, 3.05) is 15.4 Å². The van der Waals surface area contributed by atoms with E-state index in [0.29, 0.717) is 10.7 Å². The summed E-state index contributed by atoms with van der Waals surface area (Å²) in [6.45, 7) is 1.57. The monoisotopic (exact) mass is 378 g/mol. The van der Waals surface area contributed by atoms with Gasteiger partial charge in [0, 0.05) is 16.3 Å². The lowest BCUT2D eigenvalue weighted by molar-refractivity contribution is -0.119. The number of nitrogens with zero attached hydrogens (tertiary/aromatic N) is 1. The molecule has 8 heteroatoms. The van der Waals surface area contributed by atoms with E-state index >= 15 is 0 Å². The van der Waals surface area contributed by atoms with Crippen LogP contribution in [0.25, 0.3) is 0 Å². The van der Waals surface area contributed by atoms with E-state index in [1.807, 2.05) is 0 Å². The first kappa shape index (κ1) is 17.4. The standard InChI is InChI=1S/C17H15ClN2O4S/c1-11-10-25(23,24)20(17(11)22)15-7-2-4-12(8-15)16(21)19-14-6-3-5-13(18)9-14/h2-9,11H,10H2,1H3,(H,19,21)/t11-/m0/s1. The number of hydrogen-bond acceptors (Lipinski definition) is 4. The third-order valence-electron chi connectivity index (χ3n) is 3.79. The van der Waals surface area contributed by atoms with Crippen LogP contribution in [0.1, 0.15) is 17.3 Å². The van der Waals surface area contributed by atoms with Crippen molar-refractivity contribution >= 4 is 44.8 Å². The molecule has 6 nitrogen and oxygen atoms in total. The lowest BCUT2D eigenvalue weighted by Gasteiger charge is -2.16. The quantitative estimate of drug-likeness (QED) is 0.890. The molecule has 0 radical (unpaired) electrons. The second-order valence-corrected chi connectivity index (χ2v) is 8.10. The van der Waals surface area contributed by atoms with Gasteiger partial charge < -0.3 is 5.32 Å². The van der Waals surface area contributed by atoms with Gasteiger partial charge in [0.15, 0.2) is 0 Å². The van der Waals surface area contributed by atoms with Gasteiger partial charge in [-0.05, 0) is 36.4 Å². The number of benzene rings is 2. The van der Waals surface area contributed by atoms with Crippen molar-refractivity contribution in [3.8, 4) is 0 Å². The number of halogens is 1. The SMILES string of the molecule is C[C@H]1CS(=O)(=O)N(c2cccc(C(=O)Nc3cccc(Cl)c3)c2)C1=O. The molecule has 0 unspecified atom stereocenters. The number of carbonyl (C=O) groups excluding carboxylic acids is 2. The van der Waals surface area contributed by atoms with Gasteiger partial charge >= 0.3 is 0 Å². The fraction of sp³-hybridized carbons (Fsp3) is 0.176. The first-order valence-electron chi connectivity index (χ1n) is 7.52. The predicted molar refractivity (Wildman–Crippen MR) is 96.3 cm³/mol. The van der Waals surface area contributed by atoms with Crippen molar-refractivity contribution in [1.29, 1.82) is 0 Å². The van der Waals surface area contributed by atoms with Crippen LogP contribution in [0.15, 0.2) is 48.5 Å². The summed E-state index contributed by atoms with van der Waals surface area (Å²) in [4.78, 5) is 24.6. The summed E-state index contributed by atoms with van der Waals surface area (Å²) in [6.07, 6.45) is 0. The van der Waals surface area contributed by atoms with Crippen molar-refractivity contribution in [3.05, 3.63) is 59.1 Å². The number of amides is 2. The van der Waals surface area contributed by atoms with Crippen LogP contribution in [0, 0.1) is 5.92 Å². The Morgan fingerprint density at radius 1 is 1.20 bits per heavy atom. The molecule has 0 spiro atoms. The van der Waals surface area contributed by atoms with Crippen molar-refractivity contribution < 1.29 is 18.0 Å². The van der Waals surface area contributed by atoms with E-state index in [-0.39, 0.29) is 17.0 Å². The van der Waals surface area contributed by atoms with Crippen molar-refractivity contribution in [1.82, 2.24) is 0 Å². The lowest BCUT2D eigenvalue weighted by Crippen LogP contribution is -2.30. The fourth-order valence-electron chi connectivity index (χ4n) is 2.63. The Kier molecular flexibility index (Phi) is 4.53. The summed E-state index contributed by atoms with van der Waals surface area (Å²) in [5, 5.41) is 3.16. The highest BCUT2D eigenvalue weighted by molar-refractivity contribution is 7.94. The minimum absolute atomic E-state index is 0.160. The van der Waals surface area contributed by atoms with Gasteiger partial charge in [0.2, 0.25) is 15.9 Å². The number of anilines is 2. The maximum absolute atomic E-state index is 12.4. The molecule has 0 saturated carbocycles. The van der Waals surface area contributed by atoms with Crippen LogP contribution in [0.4, 0.5) is 11.4 Å². The van der Waals surface area contributed by atoms with E-state index in [4.69, 9.17) is 11.6 Å². The van der Waals surface area contributed by atoms with E-state index in [9.17, 15) is 18.0 Å². The average molecular weight is 379 g/mol. The van der Waals surface area contributed by atoms with Crippen LogP contribution in [-0.4, -0.2) is 26.0 Å². The maximum atomic E-state index is 12.4. The van der Waals surface area contributed by atoms with Crippen LogP contribution in [0.3, 0.4) is 0 Å². The number of rotatable bonds is 3. The molecule has 1 heterocycles. The normalized spacial score (nSPS) is 19.0. The third kappa shape index (κ3) is 3.52. The minimum atomic E-state index is -3.71. The zero-order chi connectivity index (χ0) is 18.2. The van der Waals surface area contributed by atoms with Gasteiger partial charge in [-0.2, -0.15) is 0 Å². The molecule has 1 atom stereocenters. The van der Waals surface area contributed by atoms with Crippen LogP contribution in [0.5, 0.6) is 0 Å². The molecular formula is C17H15ClN2O4S. The summed E-state index contributed by atoms with van der Waals surface area (Å²) >= 11 is 5.88. The van der Waals surface area contributed by atoms with Gasteiger partial charge in [-0.3, -0.25) is 9.59 Å². The fourth-order valence-corrected chi connectivity index (χ4v) is 4.63. The third-order valence-corrected chi connectivity index (χ3v) is 5.89. The largest absolute Gasteiger partial charge is 0.322 e. The molecule has 2 aromatic carbocycles. The first-order valence-corrected chi connectivity index (χ1v) is 9.50. The number of sulfonamides is 1. The first-order chi connectivity index (χ1) is 11.8. The molecule has 2 aromatic rings. The molecule has 1 saturated heterocycles. The van der Waals surface area contributed by atoms with E-state index in [2.05, 4.69) is 5.32 Å². The van der Waals surface area contributed by atoms with Gasteiger partial charge in [0.1, 0.15) is 0 Å². The zero-order valence-electron chi connectivity index (χ0n) is 13.3. The molecule has 1 aliphatic rings. The Balaban J connectivity index is 1.89. The molecule has 2 amide bonds. The van der Waals surface area contributed by atoms with Gasteiger partial charge in [-0.1, -0.05) is 30.7 Å². The predicted octanol–water partition coefficient (Wildman–Crippen LogP) is 2.90. The summed E-state index contributed by atoms with van der Waals surface area (Å²) in [7, 11) is -3.71. The van der Waals surface area contributed by atoms with Crippen LogP contribution < -0.4 is 9.62 Å². The smallest absolute Gasteiger partial charge is 0.255 e. The van der Waals surface area contributed by atoms with Crippen molar-refractivity contribution in [3.63, 3.8) is 0 Å². The molecule has 0 bridgehead atoms. The molecule has 25 heavy (non-hydrogen) atoms. The van der Waals surface area contributed by atoms with E-state index in [1.54, 1.807) is 37.3 Å². The minimum Gasteiger partial charge on any atom is -0.322 e. The van der Waals surface area contributed by atoms with Crippen LogP contribution in [-0.2, 0) is 14.8 Å². The van der Waals surface area contributed by atoms with E-state index in [0.717, 1.165) is 4.31 Å². The Morgan fingerprint density at radius 3 is 2.56 bits per heavy atom. The van der Waals surface area contributed by atoms with Gasteiger partial charge in [0.05, 0.1) is 17.4 Å². The van der Waals surface area contributed by atoms with E-state index < -0.39 is 27.8 Å². The molecule has 1 aliphatic heterocycles. The molecule has 130 valence electrons. The number of nitrogens with one attached hydrogen (secondary N) is 1. The van der Waals surface area contributed by atoms with Crippen molar-refractivity contribution in [2.45, 2.75) is 6.92 Å². The van der Waals surface area contributed by atoms with Gasteiger partial charge in [0.25, 0.3) is 5.91 Å². The van der Waals surface area contributed by atoms with E-state index in [1.165, 1.54) is 18.2 Å². The molecule has 3 rings (SSSR count). The molecular weight excluding hydrogens is 364 g/mol. The summed E-state index contributed by atoms with van der Waals surface area (Å²) < 4.78 is 25.1. The van der Waals surface area contributed by atoms with Gasteiger partial charge in [-0.15, -0.1) is 0 Å². The van der Waals surface area contributed by atoms with Crippen LogP contribution in [0.2, 0.25) is 5.02 Å². The molecule has 1 N–H and O–H groups in total. The lowest BCUT2D eigenvalue weighted by atomic mass is 10.1. The Morgan fingerprint density at radius 2 is 1.92 bits per heavy atom. The second-order valence-electron chi connectivity index (χ2n) is 5.80. The average Bonchev–Trinajstić information content (AvgIpc) is 2.75. The maximum Gasteiger partial charge on any atom is 0.255 e. The highest BCUT2D eigenvalue weighted by Gasteiger charge is 2.42. The molecule has 0 aliphatic carbocycles. The molecule has 1 fully saturated rings. The second kappa shape index (κ2) is 6.50. The molecule has 0 aromatic heterocycles. The number of hydrogen-bond donors (Lipinski definition) is 1. The summed E-state index contributed by atoms with van der Waals surface area (Å²) in [5.41, 5.74) is 0.912. The summed E-state index contributed by atoms with van der Waals surface area (Å²) in [5.74, 6) is -1.76.